The Morgan fingerprint density at radius 2 is 1.91 bits per heavy atom. The highest BCUT2D eigenvalue weighted by Crippen LogP contribution is 2.30. The van der Waals surface area contributed by atoms with Crippen LogP contribution in [0.3, 0.4) is 0 Å². The third kappa shape index (κ3) is 4.85. The first-order chi connectivity index (χ1) is 16.0. The van der Waals surface area contributed by atoms with Crippen molar-refractivity contribution < 1.29 is 28.3 Å². The zero-order chi connectivity index (χ0) is 23.4. The van der Waals surface area contributed by atoms with Gasteiger partial charge in [-0.15, -0.1) is 0 Å². The SMILES string of the molecule is COC(=O)C1=C(CN2CCN(C(=O)c3ccco3)CC2)NC(=O)N[C@H]1c1cccc(OC)c1. The van der Waals surface area contributed by atoms with Crippen molar-refractivity contribution in [3.8, 4) is 5.75 Å². The predicted octanol–water partition coefficient (Wildman–Crippen LogP) is 1.53. The summed E-state index contributed by atoms with van der Waals surface area (Å²) in [6, 6.07) is 9.42. The van der Waals surface area contributed by atoms with Gasteiger partial charge in [0.1, 0.15) is 5.75 Å². The smallest absolute Gasteiger partial charge is 0.338 e. The summed E-state index contributed by atoms with van der Waals surface area (Å²) < 4.78 is 15.5. The average molecular weight is 454 g/mol. The fourth-order valence-corrected chi connectivity index (χ4v) is 4.05. The van der Waals surface area contributed by atoms with Crippen LogP contribution in [0.25, 0.3) is 0 Å². The molecule has 3 heterocycles. The van der Waals surface area contributed by atoms with Crippen molar-refractivity contribution in [2.24, 2.45) is 0 Å². The molecule has 4 rings (SSSR count). The molecule has 174 valence electrons. The number of piperazine rings is 1. The molecule has 33 heavy (non-hydrogen) atoms. The largest absolute Gasteiger partial charge is 0.497 e. The number of methoxy groups -OCH3 is 2. The molecule has 1 aromatic carbocycles. The van der Waals surface area contributed by atoms with E-state index in [1.54, 1.807) is 42.3 Å². The number of nitrogens with zero attached hydrogens (tertiary/aromatic N) is 2. The fraction of sp³-hybridized carbons (Fsp3) is 0.348. The second-order valence-corrected chi connectivity index (χ2v) is 7.74. The Hall–Kier alpha value is -3.79. The third-order valence-corrected chi connectivity index (χ3v) is 5.76. The van der Waals surface area contributed by atoms with Gasteiger partial charge in [0.25, 0.3) is 5.91 Å². The first-order valence-corrected chi connectivity index (χ1v) is 10.6. The maximum Gasteiger partial charge on any atom is 0.338 e. The van der Waals surface area contributed by atoms with Crippen molar-refractivity contribution in [3.05, 3.63) is 65.3 Å². The van der Waals surface area contributed by atoms with Crippen molar-refractivity contribution in [2.75, 3.05) is 46.9 Å². The Labute approximate surface area is 191 Å². The summed E-state index contributed by atoms with van der Waals surface area (Å²) in [5.74, 6) is 0.244. The summed E-state index contributed by atoms with van der Waals surface area (Å²) >= 11 is 0. The summed E-state index contributed by atoms with van der Waals surface area (Å²) in [5, 5.41) is 5.58. The zero-order valence-corrected chi connectivity index (χ0v) is 18.5. The lowest BCUT2D eigenvalue weighted by atomic mass is 9.94. The Morgan fingerprint density at radius 1 is 1.12 bits per heavy atom. The Morgan fingerprint density at radius 3 is 2.58 bits per heavy atom. The molecule has 0 unspecified atom stereocenters. The molecule has 3 amide bonds. The normalized spacial score (nSPS) is 19.0. The maximum atomic E-state index is 12.8. The molecule has 1 saturated heterocycles. The molecule has 1 aromatic heterocycles. The molecule has 0 saturated carbocycles. The molecule has 2 N–H and O–H groups in total. The number of benzene rings is 1. The molecular formula is C23H26N4O6. The van der Waals surface area contributed by atoms with Crippen LogP contribution < -0.4 is 15.4 Å². The summed E-state index contributed by atoms with van der Waals surface area (Å²) in [4.78, 5) is 41.5. The van der Waals surface area contributed by atoms with Crippen LogP contribution in [0.2, 0.25) is 0 Å². The van der Waals surface area contributed by atoms with Gasteiger partial charge >= 0.3 is 12.0 Å². The fourth-order valence-electron chi connectivity index (χ4n) is 4.05. The topological polar surface area (TPSA) is 113 Å². The summed E-state index contributed by atoms with van der Waals surface area (Å²) in [6.07, 6.45) is 1.48. The molecule has 0 bridgehead atoms. The highest BCUT2D eigenvalue weighted by Gasteiger charge is 2.35. The molecule has 2 aliphatic heterocycles. The Kier molecular flexibility index (Phi) is 6.64. The lowest BCUT2D eigenvalue weighted by molar-refractivity contribution is -0.136. The lowest BCUT2D eigenvalue weighted by Gasteiger charge is -2.36. The number of nitrogens with one attached hydrogen (secondary N) is 2. The highest BCUT2D eigenvalue weighted by atomic mass is 16.5. The van der Waals surface area contributed by atoms with E-state index in [9.17, 15) is 14.4 Å². The van der Waals surface area contributed by atoms with E-state index in [2.05, 4.69) is 15.5 Å². The van der Waals surface area contributed by atoms with Gasteiger partial charge in [-0.2, -0.15) is 0 Å². The van der Waals surface area contributed by atoms with Crippen LogP contribution in [0.5, 0.6) is 5.75 Å². The quantitative estimate of drug-likeness (QED) is 0.637. The minimum Gasteiger partial charge on any atom is -0.497 e. The van der Waals surface area contributed by atoms with Crippen LogP contribution in [0.1, 0.15) is 22.2 Å². The van der Waals surface area contributed by atoms with Gasteiger partial charge in [-0.05, 0) is 29.8 Å². The van der Waals surface area contributed by atoms with Crippen LogP contribution in [0.15, 0.2) is 58.3 Å². The average Bonchev–Trinajstić information content (AvgIpc) is 3.38. The van der Waals surface area contributed by atoms with Gasteiger partial charge in [0, 0.05) is 38.4 Å². The number of hydrogen-bond acceptors (Lipinski definition) is 7. The number of rotatable bonds is 6. The molecule has 2 aromatic rings. The highest BCUT2D eigenvalue weighted by molar-refractivity contribution is 5.95. The second-order valence-electron chi connectivity index (χ2n) is 7.74. The van der Waals surface area contributed by atoms with E-state index in [-0.39, 0.29) is 5.91 Å². The van der Waals surface area contributed by atoms with E-state index >= 15 is 0 Å². The molecule has 0 radical (unpaired) electrons. The first kappa shape index (κ1) is 22.4. The van der Waals surface area contributed by atoms with Gasteiger partial charge in [0.15, 0.2) is 5.76 Å². The van der Waals surface area contributed by atoms with E-state index in [1.807, 2.05) is 6.07 Å². The summed E-state index contributed by atoms with van der Waals surface area (Å²) in [7, 11) is 2.86. The van der Waals surface area contributed by atoms with Gasteiger partial charge in [-0.1, -0.05) is 12.1 Å². The Bertz CT molecular complexity index is 1060. The van der Waals surface area contributed by atoms with Crippen LogP contribution >= 0.6 is 0 Å². The Balaban J connectivity index is 1.54. The third-order valence-electron chi connectivity index (χ3n) is 5.76. The summed E-state index contributed by atoms with van der Waals surface area (Å²) in [6.45, 7) is 2.51. The number of furan rings is 1. The van der Waals surface area contributed by atoms with Crippen LogP contribution in [0.4, 0.5) is 4.79 Å². The van der Waals surface area contributed by atoms with Gasteiger partial charge in [0.05, 0.1) is 32.1 Å². The van der Waals surface area contributed by atoms with E-state index in [4.69, 9.17) is 13.9 Å². The minimum absolute atomic E-state index is 0.151. The second kappa shape index (κ2) is 9.78. The van der Waals surface area contributed by atoms with Crippen LogP contribution in [0, 0.1) is 0 Å². The number of carbonyl (C=O) groups is 3. The number of amides is 3. The molecule has 10 heteroatoms. The molecule has 1 atom stereocenters. The first-order valence-electron chi connectivity index (χ1n) is 10.6. The predicted molar refractivity (Wildman–Crippen MR) is 117 cm³/mol. The number of urea groups is 1. The van der Waals surface area contributed by atoms with Gasteiger partial charge in [-0.3, -0.25) is 9.69 Å². The maximum absolute atomic E-state index is 12.8. The van der Waals surface area contributed by atoms with E-state index < -0.39 is 18.0 Å². The van der Waals surface area contributed by atoms with E-state index in [1.165, 1.54) is 13.4 Å². The summed E-state index contributed by atoms with van der Waals surface area (Å²) in [5.41, 5.74) is 1.51. The van der Waals surface area contributed by atoms with Crippen LogP contribution in [-0.4, -0.2) is 74.7 Å². The molecule has 0 aliphatic carbocycles. The molecule has 1 fully saturated rings. The number of ether oxygens (including phenoxy) is 2. The van der Waals surface area contributed by atoms with E-state index in [0.717, 1.165) is 0 Å². The van der Waals surface area contributed by atoms with Crippen molar-refractivity contribution >= 4 is 17.9 Å². The molecule has 10 nitrogen and oxygen atoms in total. The monoisotopic (exact) mass is 454 g/mol. The minimum atomic E-state index is -0.682. The molecule has 2 aliphatic rings. The number of esters is 1. The van der Waals surface area contributed by atoms with Gasteiger partial charge in [-0.25, -0.2) is 9.59 Å². The van der Waals surface area contributed by atoms with E-state index in [0.29, 0.717) is 61.1 Å². The lowest BCUT2D eigenvalue weighted by Crippen LogP contribution is -2.52. The van der Waals surface area contributed by atoms with Crippen molar-refractivity contribution in [3.63, 3.8) is 0 Å². The van der Waals surface area contributed by atoms with Crippen molar-refractivity contribution in [1.29, 1.82) is 0 Å². The molecular weight excluding hydrogens is 428 g/mol. The molecule has 0 spiro atoms. The van der Waals surface area contributed by atoms with Crippen molar-refractivity contribution in [2.45, 2.75) is 6.04 Å². The zero-order valence-electron chi connectivity index (χ0n) is 18.5. The number of carbonyl (C=O) groups excluding carboxylic acids is 3. The van der Waals surface area contributed by atoms with Crippen LogP contribution in [-0.2, 0) is 9.53 Å². The number of hydrogen-bond donors (Lipinski definition) is 2. The standard InChI is InChI=1S/C23H26N4O6/c1-31-16-6-3-5-15(13-16)20-19(22(29)32-2)17(24-23(30)25-20)14-26-8-10-27(11-9-26)21(28)18-7-4-12-33-18/h3-7,12-13,20H,8-11,14H2,1-2H3,(H2,24,25,30)/t20-/m0/s1. The van der Waals surface area contributed by atoms with Gasteiger partial charge < -0.3 is 29.4 Å². The van der Waals surface area contributed by atoms with Gasteiger partial charge in [0.2, 0.25) is 0 Å². The van der Waals surface area contributed by atoms with Crippen molar-refractivity contribution in [1.82, 2.24) is 20.4 Å².